The van der Waals surface area contributed by atoms with Crippen molar-refractivity contribution in [2.45, 2.75) is 12.8 Å². The third-order valence-corrected chi connectivity index (χ3v) is 2.61. The molecule has 0 aromatic carbocycles. The molecule has 1 aromatic rings. The summed E-state index contributed by atoms with van der Waals surface area (Å²) in [4.78, 5) is 3.43. The van der Waals surface area contributed by atoms with E-state index in [2.05, 4.69) is 30.3 Å². The molecule has 0 bridgehead atoms. The van der Waals surface area contributed by atoms with E-state index in [0.717, 1.165) is 18.2 Å². The van der Waals surface area contributed by atoms with Crippen LogP contribution in [0.15, 0.2) is 31.4 Å². The van der Waals surface area contributed by atoms with Gasteiger partial charge in [0.2, 0.25) is 0 Å². The Morgan fingerprint density at radius 1 is 1.20 bits per heavy atom. The number of nitrogens with one attached hydrogen (secondary N) is 1. The first-order valence-electron chi connectivity index (χ1n) is 5.19. The minimum absolute atomic E-state index is 1.09. The SMILES string of the molecule is C=C/C=c1/c2c([nH]/c1=C/C=C)CCC=C2. The third-order valence-electron chi connectivity index (χ3n) is 2.61. The molecule has 1 N–H and O–H groups in total. The van der Waals surface area contributed by atoms with Crippen molar-refractivity contribution >= 4 is 18.2 Å². The van der Waals surface area contributed by atoms with Crippen molar-refractivity contribution in [1.82, 2.24) is 4.98 Å². The zero-order valence-electron chi connectivity index (χ0n) is 8.79. The van der Waals surface area contributed by atoms with Crippen LogP contribution in [-0.4, -0.2) is 4.98 Å². The Labute approximate surface area is 89.8 Å². The number of hydrogen-bond acceptors (Lipinski definition) is 0. The van der Waals surface area contributed by atoms with E-state index in [1.165, 1.54) is 16.5 Å². The fraction of sp³-hybridized carbons (Fsp3) is 0.143. The van der Waals surface area contributed by atoms with Gasteiger partial charge >= 0.3 is 0 Å². The van der Waals surface area contributed by atoms with Crippen LogP contribution in [0.4, 0.5) is 0 Å². The molecule has 0 radical (unpaired) electrons. The Bertz CT molecular complexity index is 526. The van der Waals surface area contributed by atoms with Gasteiger partial charge < -0.3 is 4.98 Å². The monoisotopic (exact) mass is 197 g/mol. The van der Waals surface area contributed by atoms with Crippen molar-refractivity contribution in [1.29, 1.82) is 0 Å². The number of allylic oxidation sites excluding steroid dienone is 3. The normalized spacial score (nSPS) is 16.5. The zero-order valence-corrected chi connectivity index (χ0v) is 8.79. The minimum atomic E-state index is 1.09. The Morgan fingerprint density at radius 2 is 2.00 bits per heavy atom. The molecule has 0 atom stereocenters. The van der Waals surface area contributed by atoms with Crippen LogP contribution in [0.2, 0.25) is 0 Å². The highest BCUT2D eigenvalue weighted by Gasteiger charge is 2.07. The van der Waals surface area contributed by atoms with Crippen LogP contribution in [0, 0.1) is 0 Å². The lowest BCUT2D eigenvalue weighted by Crippen LogP contribution is -2.23. The Kier molecular flexibility index (Phi) is 2.72. The number of rotatable bonds is 2. The topological polar surface area (TPSA) is 15.8 Å². The van der Waals surface area contributed by atoms with E-state index in [0.29, 0.717) is 0 Å². The smallest absolute Gasteiger partial charge is 0.0462 e. The standard InChI is InChI=1S/C14H15N/c1-3-7-11-12-9-5-6-10-14(12)15-13(11)8-4-2/h3-5,7-9,15H,1-2,6,10H2/b11-7-,13-8+. The van der Waals surface area contributed by atoms with E-state index in [9.17, 15) is 0 Å². The third kappa shape index (κ3) is 1.73. The summed E-state index contributed by atoms with van der Waals surface area (Å²) in [5.74, 6) is 0. The molecule has 0 saturated heterocycles. The van der Waals surface area contributed by atoms with Crippen LogP contribution in [0.25, 0.3) is 18.2 Å². The van der Waals surface area contributed by atoms with Crippen LogP contribution >= 0.6 is 0 Å². The molecule has 0 fully saturated rings. The van der Waals surface area contributed by atoms with Crippen LogP contribution < -0.4 is 10.6 Å². The maximum atomic E-state index is 3.75. The molecule has 0 aliphatic heterocycles. The second kappa shape index (κ2) is 4.18. The van der Waals surface area contributed by atoms with Crippen molar-refractivity contribution in [3.05, 3.63) is 53.2 Å². The minimum Gasteiger partial charge on any atom is -0.358 e. The average Bonchev–Trinajstić information content (AvgIpc) is 2.59. The molecule has 0 unspecified atom stereocenters. The van der Waals surface area contributed by atoms with E-state index < -0.39 is 0 Å². The first-order valence-corrected chi connectivity index (χ1v) is 5.19. The van der Waals surface area contributed by atoms with Gasteiger partial charge in [-0.05, 0) is 18.9 Å². The highest BCUT2D eigenvalue weighted by Crippen LogP contribution is 2.11. The molecule has 1 nitrogen and oxygen atoms in total. The number of hydrogen-bond donors (Lipinski definition) is 1. The van der Waals surface area contributed by atoms with E-state index in [-0.39, 0.29) is 0 Å². The summed E-state index contributed by atoms with van der Waals surface area (Å²) < 4.78 is 0. The molecular formula is C14H15N. The Balaban J connectivity index is 2.79. The van der Waals surface area contributed by atoms with Gasteiger partial charge in [-0.3, -0.25) is 0 Å². The summed E-state index contributed by atoms with van der Waals surface area (Å²) in [5, 5.41) is 2.34. The van der Waals surface area contributed by atoms with Crippen LogP contribution in [0.1, 0.15) is 17.7 Å². The number of fused-ring (bicyclic) bond motifs is 1. The van der Waals surface area contributed by atoms with E-state index in [1.54, 1.807) is 6.08 Å². The van der Waals surface area contributed by atoms with Crippen LogP contribution in [0.5, 0.6) is 0 Å². The highest BCUT2D eigenvalue weighted by molar-refractivity contribution is 5.60. The largest absolute Gasteiger partial charge is 0.358 e. The molecule has 2 rings (SSSR count). The second-order valence-corrected chi connectivity index (χ2v) is 3.59. The van der Waals surface area contributed by atoms with Gasteiger partial charge in [0.25, 0.3) is 0 Å². The fourth-order valence-corrected chi connectivity index (χ4v) is 1.97. The maximum absolute atomic E-state index is 3.75. The lowest BCUT2D eigenvalue weighted by molar-refractivity contribution is 0.940. The summed E-state index contributed by atoms with van der Waals surface area (Å²) in [5.41, 5.74) is 2.62. The lowest BCUT2D eigenvalue weighted by Gasteiger charge is -2.02. The average molecular weight is 197 g/mol. The molecule has 1 aromatic heterocycles. The van der Waals surface area contributed by atoms with Gasteiger partial charge in [-0.1, -0.05) is 43.5 Å². The predicted molar refractivity (Wildman–Crippen MR) is 66.7 cm³/mol. The summed E-state index contributed by atoms with van der Waals surface area (Å²) in [7, 11) is 0. The van der Waals surface area contributed by atoms with E-state index in [1.807, 2.05) is 18.2 Å². The quantitative estimate of drug-likeness (QED) is 0.745. The van der Waals surface area contributed by atoms with Gasteiger partial charge in [-0.2, -0.15) is 0 Å². The Morgan fingerprint density at radius 3 is 2.73 bits per heavy atom. The summed E-state index contributed by atoms with van der Waals surface area (Å²) in [6, 6.07) is 0. The van der Waals surface area contributed by atoms with E-state index >= 15 is 0 Å². The number of H-pyrrole nitrogens is 1. The molecular weight excluding hydrogens is 182 g/mol. The van der Waals surface area contributed by atoms with Gasteiger partial charge in [0, 0.05) is 21.8 Å². The van der Waals surface area contributed by atoms with Crippen LogP contribution in [0.3, 0.4) is 0 Å². The molecule has 0 amide bonds. The predicted octanol–water partition coefficient (Wildman–Crippen LogP) is 1.91. The summed E-state index contributed by atoms with van der Waals surface area (Å²) >= 11 is 0. The van der Waals surface area contributed by atoms with E-state index in [4.69, 9.17) is 0 Å². The highest BCUT2D eigenvalue weighted by atomic mass is 14.7. The molecule has 0 spiro atoms. The number of aryl methyl sites for hydroxylation is 1. The van der Waals surface area contributed by atoms with Crippen molar-refractivity contribution in [2.75, 3.05) is 0 Å². The maximum Gasteiger partial charge on any atom is 0.0462 e. The molecule has 1 heterocycles. The van der Waals surface area contributed by atoms with Gasteiger partial charge in [0.05, 0.1) is 0 Å². The first-order chi connectivity index (χ1) is 7.36. The zero-order chi connectivity index (χ0) is 10.7. The van der Waals surface area contributed by atoms with Crippen molar-refractivity contribution < 1.29 is 0 Å². The first kappa shape index (κ1) is 9.78. The van der Waals surface area contributed by atoms with Crippen molar-refractivity contribution in [3.63, 3.8) is 0 Å². The van der Waals surface area contributed by atoms with Crippen LogP contribution in [-0.2, 0) is 6.42 Å². The molecule has 76 valence electrons. The van der Waals surface area contributed by atoms with Gasteiger partial charge in [-0.25, -0.2) is 0 Å². The summed E-state index contributed by atoms with van der Waals surface area (Å²) in [6.07, 6.45) is 14.3. The van der Waals surface area contributed by atoms with Gasteiger partial charge in [0.1, 0.15) is 0 Å². The lowest BCUT2D eigenvalue weighted by atomic mass is 10.0. The molecule has 0 saturated carbocycles. The number of aromatic amines is 1. The van der Waals surface area contributed by atoms with Crippen molar-refractivity contribution in [3.8, 4) is 0 Å². The number of aromatic nitrogens is 1. The fourth-order valence-electron chi connectivity index (χ4n) is 1.97. The molecule has 15 heavy (non-hydrogen) atoms. The van der Waals surface area contributed by atoms with Gasteiger partial charge in [-0.15, -0.1) is 0 Å². The van der Waals surface area contributed by atoms with Gasteiger partial charge in [0.15, 0.2) is 0 Å². The molecule has 1 aliphatic carbocycles. The second-order valence-electron chi connectivity index (χ2n) is 3.59. The Hall–Kier alpha value is -1.76. The molecule has 1 heteroatoms. The van der Waals surface area contributed by atoms with Crippen molar-refractivity contribution in [2.24, 2.45) is 0 Å². The summed E-state index contributed by atoms with van der Waals surface area (Å²) in [6.45, 7) is 7.48. The molecule has 1 aliphatic rings.